The standard InChI is InChI=1S/C23H21N3O3S/c1-15-3-5-16(6-4-15)22-25-18(13-29-22)11-12-24-21(27)20-14-30-23(26-20)17-7-9-19(28-2)10-8-17/h3-10,13-14H,11-12H2,1-2H3,(H,24,27). The van der Waals surface area contributed by atoms with Gasteiger partial charge in [-0.25, -0.2) is 9.97 Å². The Bertz CT molecular complexity index is 1130. The van der Waals surface area contributed by atoms with E-state index in [-0.39, 0.29) is 5.91 Å². The number of carbonyl (C=O) groups is 1. The smallest absolute Gasteiger partial charge is 0.270 e. The maximum absolute atomic E-state index is 12.4. The van der Waals surface area contributed by atoms with Gasteiger partial charge in [0, 0.05) is 29.5 Å². The first-order valence-electron chi connectivity index (χ1n) is 9.52. The molecule has 0 saturated heterocycles. The fraction of sp³-hybridized carbons (Fsp3) is 0.174. The van der Waals surface area contributed by atoms with Gasteiger partial charge in [0.1, 0.15) is 22.7 Å². The van der Waals surface area contributed by atoms with Gasteiger partial charge in [-0.2, -0.15) is 0 Å². The zero-order chi connectivity index (χ0) is 20.9. The van der Waals surface area contributed by atoms with Crippen LogP contribution in [0.25, 0.3) is 22.0 Å². The van der Waals surface area contributed by atoms with Crippen molar-refractivity contribution in [1.82, 2.24) is 15.3 Å². The Balaban J connectivity index is 1.32. The second-order valence-corrected chi connectivity index (χ2v) is 7.64. The van der Waals surface area contributed by atoms with Crippen molar-refractivity contribution < 1.29 is 13.9 Å². The zero-order valence-corrected chi connectivity index (χ0v) is 17.5. The van der Waals surface area contributed by atoms with Crippen LogP contribution in [0.5, 0.6) is 5.75 Å². The average molecular weight is 420 g/mol. The van der Waals surface area contributed by atoms with Crippen LogP contribution in [0.2, 0.25) is 0 Å². The highest BCUT2D eigenvalue weighted by Crippen LogP contribution is 2.25. The number of hydrogen-bond acceptors (Lipinski definition) is 6. The molecule has 0 aliphatic heterocycles. The van der Waals surface area contributed by atoms with E-state index in [1.807, 2.05) is 55.5 Å². The molecule has 0 unspecified atom stereocenters. The van der Waals surface area contributed by atoms with Crippen LogP contribution in [0.1, 0.15) is 21.7 Å². The molecule has 0 radical (unpaired) electrons. The molecule has 0 spiro atoms. The molecule has 0 bridgehead atoms. The number of benzene rings is 2. The number of rotatable bonds is 7. The summed E-state index contributed by atoms with van der Waals surface area (Å²) in [5.74, 6) is 1.17. The summed E-state index contributed by atoms with van der Waals surface area (Å²) in [5, 5.41) is 5.45. The quantitative estimate of drug-likeness (QED) is 0.468. The number of amides is 1. The summed E-state index contributed by atoms with van der Waals surface area (Å²) in [7, 11) is 1.63. The molecule has 0 atom stereocenters. The van der Waals surface area contributed by atoms with Gasteiger partial charge in [0.05, 0.1) is 12.8 Å². The Labute approximate surface area is 178 Å². The van der Waals surface area contributed by atoms with Gasteiger partial charge in [-0.15, -0.1) is 11.3 Å². The van der Waals surface area contributed by atoms with E-state index < -0.39 is 0 Å². The molecule has 4 rings (SSSR count). The van der Waals surface area contributed by atoms with Crippen LogP contribution < -0.4 is 10.1 Å². The molecule has 7 heteroatoms. The third-order valence-corrected chi connectivity index (χ3v) is 5.48. The van der Waals surface area contributed by atoms with Crippen molar-refractivity contribution in [1.29, 1.82) is 0 Å². The highest BCUT2D eigenvalue weighted by Gasteiger charge is 2.12. The van der Waals surface area contributed by atoms with Crippen LogP contribution in [0.4, 0.5) is 0 Å². The van der Waals surface area contributed by atoms with Crippen molar-refractivity contribution in [3.05, 3.63) is 77.1 Å². The van der Waals surface area contributed by atoms with Gasteiger partial charge in [-0.05, 0) is 43.3 Å². The van der Waals surface area contributed by atoms with Gasteiger partial charge in [0.2, 0.25) is 5.89 Å². The zero-order valence-electron chi connectivity index (χ0n) is 16.7. The number of methoxy groups -OCH3 is 1. The van der Waals surface area contributed by atoms with E-state index in [1.165, 1.54) is 16.9 Å². The van der Waals surface area contributed by atoms with Crippen LogP contribution in [0.15, 0.2) is 64.6 Å². The first kappa shape index (κ1) is 19.8. The van der Waals surface area contributed by atoms with Crippen molar-refractivity contribution >= 4 is 17.2 Å². The summed E-state index contributed by atoms with van der Waals surface area (Å²) < 4.78 is 10.7. The maximum atomic E-state index is 12.4. The van der Waals surface area contributed by atoms with Crippen LogP contribution >= 0.6 is 11.3 Å². The number of ether oxygens (including phenoxy) is 1. The highest BCUT2D eigenvalue weighted by molar-refractivity contribution is 7.13. The Morgan fingerprint density at radius 2 is 1.80 bits per heavy atom. The van der Waals surface area contributed by atoms with Crippen molar-refractivity contribution in [2.75, 3.05) is 13.7 Å². The molecule has 2 heterocycles. The van der Waals surface area contributed by atoms with E-state index in [0.29, 0.717) is 24.6 Å². The lowest BCUT2D eigenvalue weighted by molar-refractivity contribution is 0.0950. The number of hydrogen-bond donors (Lipinski definition) is 1. The highest BCUT2D eigenvalue weighted by atomic mass is 32.1. The summed E-state index contributed by atoms with van der Waals surface area (Å²) in [5.41, 5.74) is 4.27. The minimum absolute atomic E-state index is 0.201. The second-order valence-electron chi connectivity index (χ2n) is 6.78. The fourth-order valence-corrected chi connectivity index (χ4v) is 3.70. The maximum Gasteiger partial charge on any atom is 0.270 e. The van der Waals surface area contributed by atoms with E-state index in [2.05, 4.69) is 15.3 Å². The third kappa shape index (κ3) is 4.58. The van der Waals surface area contributed by atoms with E-state index in [1.54, 1.807) is 18.8 Å². The summed E-state index contributed by atoms with van der Waals surface area (Å²) in [6.07, 6.45) is 2.21. The fourth-order valence-electron chi connectivity index (χ4n) is 2.89. The van der Waals surface area contributed by atoms with Gasteiger partial charge in [-0.3, -0.25) is 4.79 Å². The van der Waals surface area contributed by atoms with E-state index >= 15 is 0 Å². The monoisotopic (exact) mass is 419 g/mol. The molecule has 2 aromatic carbocycles. The Kier molecular flexibility index (Phi) is 5.90. The predicted octanol–water partition coefficient (Wildman–Crippen LogP) is 4.75. The van der Waals surface area contributed by atoms with Gasteiger partial charge in [0.25, 0.3) is 5.91 Å². The number of thiazole rings is 1. The molecule has 152 valence electrons. The number of aryl methyl sites for hydroxylation is 1. The van der Waals surface area contributed by atoms with Crippen molar-refractivity contribution in [3.63, 3.8) is 0 Å². The Hall–Kier alpha value is -3.45. The van der Waals surface area contributed by atoms with Gasteiger partial charge >= 0.3 is 0 Å². The molecule has 4 aromatic rings. The van der Waals surface area contributed by atoms with E-state index in [4.69, 9.17) is 9.15 Å². The van der Waals surface area contributed by atoms with E-state index in [0.717, 1.165) is 27.6 Å². The summed E-state index contributed by atoms with van der Waals surface area (Å²) in [6.45, 7) is 2.49. The Morgan fingerprint density at radius 3 is 2.53 bits per heavy atom. The minimum Gasteiger partial charge on any atom is -0.497 e. The van der Waals surface area contributed by atoms with Crippen LogP contribution in [-0.2, 0) is 6.42 Å². The molecule has 0 fully saturated rings. The molecule has 0 saturated carbocycles. The SMILES string of the molecule is COc1ccc(-c2nc(C(=O)NCCc3coc(-c4ccc(C)cc4)n3)cs2)cc1. The van der Waals surface area contributed by atoms with Crippen molar-refractivity contribution in [3.8, 4) is 27.8 Å². The van der Waals surface area contributed by atoms with Gasteiger partial charge in [-0.1, -0.05) is 17.7 Å². The van der Waals surface area contributed by atoms with Crippen molar-refractivity contribution in [2.24, 2.45) is 0 Å². The number of nitrogens with zero attached hydrogens (tertiary/aromatic N) is 2. The third-order valence-electron chi connectivity index (χ3n) is 4.59. The average Bonchev–Trinajstić information content (AvgIpc) is 3.44. The van der Waals surface area contributed by atoms with Gasteiger partial charge < -0.3 is 14.5 Å². The summed E-state index contributed by atoms with van der Waals surface area (Å²) in [6, 6.07) is 15.6. The molecule has 6 nitrogen and oxygen atoms in total. The Morgan fingerprint density at radius 1 is 1.07 bits per heavy atom. The lowest BCUT2D eigenvalue weighted by Crippen LogP contribution is -2.26. The minimum atomic E-state index is -0.201. The summed E-state index contributed by atoms with van der Waals surface area (Å²) >= 11 is 1.44. The predicted molar refractivity (Wildman–Crippen MR) is 117 cm³/mol. The normalized spacial score (nSPS) is 10.7. The topological polar surface area (TPSA) is 77.2 Å². The molecule has 30 heavy (non-hydrogen) atoms. The van der Waals surface area contributed by atoms with E-state index in [9.17, 15) is 4.79 Å². The second kappa shape index (κ2) is 8.92. The molecule has 2 aromatic heterocycles. The lowest BCUT2D eigenvalue weighted by Gasteiger charge is -2.01. The molecule has 1 amide bonds. The molecule has 0 aliphatic rings. The lowest BCUT2D eigenvalue weighted by atomic mass is 10.1. The molecular formula is C23H21N3O3S. The number of oxazole rings is 1. The number of carbonyl (C=O) groups excluding carboxylic acids is 1. The largest absolute Gasteiger partial charge is 0.497 e. The first-order chi connectivity index (χ1) is 14.6. The van der Waals surface area contributed by atoms with Crippen molar-refractivity contribution in [2.45, 2.75) is 13.3 Å². The number of aromatic nitrogens is 2. The molecule has 0 aliphatic carbocycles. The van der Waals surface area contributed by atoms with Crippen LogP contribution in [-0.4, -0.2) is 29.5 Å². The van der Waals surface area contributed by atoms with Crippen LogP contribution in [0, 0.1) is 6.92 Å². The molecular weight excluding hydrogens is 398 g/mol. The van der Waals surface area contributed by atoms with Gasteiger partial charge in [0.15, 0.2) is 0 Å². The number of nitrogens with one attached hydrogen (secondary N) is 1. The van der Waals surface area contributed by atoms with Crippen LogP contribution in [0.3, 0.4) is 0 Å². The first-order valence-corrected chi connectivity index (χ1v) is 10.4. The summed E-state index contributed by atoms with van der Waals surface area (Å²) in [4.78, 5) is 21.3. The molecule has 1 N–H and O–H groups in total.